The van der Waals surface area contributed by atoms with Crippen molar-refractivity contribution >= 4 is 43.7 Å². The molecule has 0 radical (unpaired) electrons. The van der Waals surface area contributed by atoms with Gasteiger partial charge >= 0.3 is 0 Å². The van der Waals surface area contributed by atoms with Gasteiger partial charge in [0.15, 0.2) is 0 Å². The number of nitrogens with zero attached hydrogens (tertiary/aromatic N) is 4. The molecule has 3 rings (SSSR count). The molecule has 0 spiro atoms. The molecule has 0 aliphatic heterocycles. The molecule has 0 N–H and O–H groups in total. The highest BCUT2D eigenvalue weighted by Gasteiger charge is 2.16. The molecule has 0 aliphatic rings. The molecule has 0 aromatic carbocycles. The molecule has 3 heterocycles. The van der Waals surface area contributed by atoms with Crippen LogP contribution in [0.2, 0.25) is 0 Å². The number of thiophene rings is 1. The van der Waals surface area contributed by atoms with Crippen molar-refractivity contribution in [2.75, 3.05) is 18.5 Å². The first-order valence-corrected chi connectivity index (χ1v) is 10.5. The third-order valence-corrected chi connectivity index (χ3v) is 5.03. The zero-order valence-corrected chi connectivity index (χ0v) is 18.9. The fourth-order valence-corrected chi connectivity index (χ4v) is 3.36. The van der Waals surface area contributed by atoms with Crippen LogP contribution < -0.4 is 10.5 Å². The Hall–Kier alpha value is -2.47. The molecule has 3 aromatic rings. The Morgan fingerprint density at radius 1 is 1.32 bits per heavy atom. The smallest absolute Gasteiger partial charge is 0.275 e. The van der Waals surface area contributed by atoms with E-state index in [0.29, 0.717) is 10.6 Å². The van der Waals surface area contributed by atoms with E-state index >= 15 is 0 Å². The Morgan fingerprint density at radius 3 is 2.50 bits per heavy atom. The molecule has 6 heteroatoms. The van der Waals surface area contributed by atoms with Gasteiger partial charge in [-0.1, -0.05) is 39.8 Å². The summed E-state index contributed by atoms with van der Waals surface area (Å²) in [4.78, 5) is 24.3. The number of allylic oxidation sites excluding steroid dienone is 2. The van der Waals surface area contributed by atoms with E-state index in [-0.39, 0.29) is 5.56 Å². The summed E-state index contributed by atoms with van der Waals surface area (Å²) >= 11 is 1.40. The van der Waals surface area contributed by atoms with Crippen LogP contribution in [0, 0.1) is 5.92 Å². The lowest BCUT2D eigenvalue weighted by Crippen LogP contribution is -2.16. The number of hydrogen-bond donors (Lipinski definition) is 0. The van der Waals surface area contributed by atoms with Crippen molar-refractivity contribution in [3.05, 3.63) is 47.7 Å². The first-order chi connectivity index (χ1) is 13.4. The van der Waals surface area contributed by atoms with Crippen LogP contribution in [-0.4, -0.2) is 28.1 Å². The fourth-order valence-electron chi connectivity index (χ4n) is 2.30. The van der Waals surface area contributed by atoms with Gasteiger partial charge in [0.2, 0.25) is 0 Å². The van der Waals surface area contributed by atoms with Crippen LogP contribution in [0.15, 0.2) is 42.1 Å². The Kier molecular flexibility index (Phi) is 9.59. The van der Waals surface area contributed by atoms with Gasteiger partial charge in [-0.2, -0.15) is 0 Å². The van der Waals surface area contributed by atoms with Crippen LogP contribution in [-0.2, 0) is 0 Å². The van der Waals surface area contributed by atoms with Crippen molar-refractivity contribution < 1.29 is 0 Å². The van der Waals surface area contributed by atoms with E-state index in [4.69, 9.17) is 0 Å². The van der Waals surface area contributed by atoms with E-state index in [1.54, 1.807) is 18.7 Å². The highest BCUT2D eigenvalue weighted by molar-refractivity contribution is 7.25. The lowest BCUT2D eigenvalue weighted by Gasteiger charge is -2.17. The van der Waals surface area contributed by atoms with Crippen LogP contribution in [0.4, 0.5) is 5.69 Å². The molecule has 3 aromatic heterocycles. The molecular formula is C22H32N4OS. The third kappa shape index (κ3) is 5.29. The van der Waals surface area contributed by atoms with Gasteiger partial charge in [0.1, 0.15) is 15.9 Å². The molecule has 0 fully saturated rings. The number of pyridine rings is 1. The van der Waals surface area contributed by atoms with Crippen molar-refractivity contribution in [2.24, 2.45) is 5.92 Å². The van der Waals surface area contributed by atoms with Crippen molar-refractivity contribution in [1.29, 1.82) is 0 Å². The summed E-state index contributed by atoms with van der Waals surface area (Å²) in [6.45, 7) is 16.6. The maximum absolute atomic E-state index is 12.5. The zero-order valence-electron chi connectivity index (χ0n) is 18.1. The summed E-state index contributed by atoms with van der Waals surface area (Å²) in [7, 11) is 2.03. The van der Waals surface area contributed by atoms with Gasteiger partial charge < -0.3 is 4.90 Å². The average molecular weight is 401 g/mol. The van der Waals surface area contributed by atoms with Gasteiger partial charge in [0, 0.05) is 26.0 Å². The summed E-state index contributed by atoms with van der Waals surface area (Å²) in [5, 5.41) is 0.964. The van der Waals surface area contributed by atoms with E-state index in [0.717, 1.165) is 28.0 Å². The predicted octanol–water partition coefficient (Wildman–Crippen LogP) is 5.81. The van der Waals surface area contributed by atoms with E-state index in [1.165, 1.54) is 15.9 Å². The van der Waals surface area contributed by atoms with Crippen LogP contribution in [0.1, 0.15) is 41.5 Å². The molecule has 5 nitrogen and oxygen atoms in total. The van der Waals surface area contributed by atoms with Crippen molar-refractivity contribution in [3.63, 3.8) is 0 Å². The third-order valence-electron chi connectivity index (χ3n) is 3.95. The van der Waals surface area contributed by atoms with Gasteiger partial charge in [-0.15, -0.1) is 17.9 Å². The topological polar surface area (TPSA) is 51.0 Å². The van der Waals surface area contributed by atoms with Gasteiger partial charge in [0.05, 0.1) is 16.6 Å². The second-order valence-electron chi connectivity index (χ2n) is 6.22. The SMILES string of the molecule is C/C=C/n1cnc2c(sc3nccc(N(C)CC)c32)c1=O.C=CC(C)C.CC. The van der Waals surface area contributed by atoms with Crippen molar-refractivity contribution in [3.8, 4) is 0 Å². The normalized spacial score (nSPS) is 10.6. The first kappa shape index (κ1) is 23.6. The number of fused-ring (bicyclic) bond motifs is 3. The summed E-state index contributed by atoms with van der Waals surface area (Å²) in [5.41, 5.74) is 1.75. The summed E-state index contributed by atoms with van der Waals surface area (Å²) in [5.74, 6) is 0.648. The minimum absolute atomic E-state index is 0.0498. The Labute approximate surface area is 172 Å². The Morgan fingerprint density at radius 2 is 1.96 bits per heavy atom. The van der Waals surface area contributed by atoms with E-state index in [9.17, 15) is 4.79 Å². The van der Waals surface area contributed by atoms with Crippen LogP contribution in [0.5, 0.6) is 0 Å². The number of aromatic nitrogens is 3. The summed E-state index contributed by atoms with van der Waals surface area (Å²) in [6.07, 6.45) is 8.80. The molecule has 0 saturated heterocycles. The van der Waals surface area contributed by atoms with Crippen molar-refractivity contribution in [1.82, 2.24) is 14.5 Å². The molecule has 28 heavy (non-hydrogen) atoms. The minimum atomic E-state index is -0.0498. The predicted molar refractivity (Wildman–Crippen MR) is 126 cm³/mol. The molecule has 0 atom stereocenters. The molecular weight excluding hydrogens is 368 g/mol. The summed E-state index contributed by atoms with van der Waals surface area (Å²) in [6, 6.07) is 1.97. The standard InChI is InChI=1S/C15H16N4OS.C5H10.C2H6/c1-4-8-19-9-17-12-11-10(18(3)5-2)6-7-16-14(11)21-13(12)15(19)20;1-4-5(2)3;1-2/h4,6-9H,5H2,1-3H3;4-5H,1H2,2-3H3;1-2H3/b8-4+;;. The molecule has 0 amide bonds. The molecule has 152 valence electrons. The Bertz CT molecular complexity index is 985. The van der Waals surface area contributed by atoms with Gasteiger partial charge in [-0.3, -0.25) is 9.36 Å². The minimum Gasteiger partial charge on any atom is -0.374 e. The monoisotopic (exact) mass is 400 g/mol. The lowest BCUT2D eigenvalue weighted by molar-refractivity contribution is 0.835. The van der Waals surface area contributed by atoms with E-state index < -0.39 is 0 Å². The zero-order chi connectivity index (χ0) is 21.3. The van der Waals surface area contributed by atoms with Gasteiger partial charge in [-0.05, 0) is 25.8 Å². The quantitative estimate of drug-likeness (QED) is 0.519. The lowest BCUT2D eigenvalue weighted by atomic mass is 10.2. The molecule has 0 saturated carbocycles. The number of anilines is 1. The highest BCUT2D eigenvalue weighted by Crippen LogP contribution is 2.35. The maximum Gasteiger partial charge on any atom is 0.275 e. The molecule has 0 unspecified atom stereocenters. The van der Waals surface area contributed by atoms with Gasteiger partial charge in [-0.25, -0.2) is 9.97 Å². The fraction of sp³-hybridized carbons (Fsp3) is 0.409. The van der Waals surface area contributed by atoms with Crippen LogP contribution in [0.3, 0.4) is 0 Å². The van der Waals surface area contributed by atoms with Crippen LogP contribution in [0.25, 0.3) is 26.6 Å². The van der Waals surface area contributed by atoms with E-state index in [1.807, 2.05) is 46.0 Å². The van der Waals surface area contributed by atoms with Gasteiger partial charge in [0.25, 0.3) is 5.56 Å². The first-order valence-electron chi connectivity index (χ1n) is 9.69. The average Bonchev–Trinajstić information content (AvgIpc) is 3.11. The second-order valence-corrected chi connectivity index (χ2v) is 7.22. The largest absolute Gasteiger partial charge is 0.374 e. The van der Waals surface area contributed by atoms with E-state index in [2.05, 4.69) is 42.2 Å². The molecule has 0 aliphatic carbocycles. The highest BCUT2D eigenvalue weighted by atomic mass is 32.1. The second kappa shape index (κ2) is 11.4. The summed E-state index contributed by atoms with van der Waals surface area (Å²) < 4.78 is 2.15. The van der Waals surface area contributed by atoms with Crippen molar-refractivity contribution in [2.45, 2.75) is 41.5 Å². The Balaban J connectivity index is 0.000000490. The maximum atomic E-state index is 12.5. The van der Waals surface area contributed by atoms with Crippen LogP contribution >= 0.6 is 11.3 Å². The number of rotatable bonds is 4. The molecule has 0 bridgehead atoms. The number of hydrogen-bond acceptors (Lipinski definition) is 5.